The summed E-state index contributed by atoms with van der Waals surface area (Å²) in [5.41, 5.74) is 7.13. The molecule has 1 aliphatic rings. The molecule has 0 spiro atoms. The monoisotopic (exact) mass is 512 g/mol. The summed E-state index contributed by atoms with van der Waals surface area (Å²) in [6.07, 6.45) is 3.53. The maximum Gasteiger partial charge on any atom is 0.281 e. The van der Waals surface area contributed by atoms with Gasteiger partial charge in [-0.05, 0) is 70.9 Å². The van der Waals surface area contributed by atoms with Crippen molar-refractivity contribution < 1.29 is 19.4 Å². The van der Waals surface area contributed by atoms with Crippen LogP contribution in [0.3, 0.4) is 0 Å². The number of nitrogens with two attached hydrogens (primary N) is 1. The van der Waals surface area contributed by atoms with Gasteiger partial charge in [-0.1, -0.05) is 6.07 Å². The largest absolute Gasteiger partial charge is 0.475 e. The zero-order chi connectivity index (χ0) is 26.0. The van der Waals surface area contributed by atoms with E-state index in [0.29, 0.717) is 17.4 Å². The molecule has 0 aromatic carbocycles. The van der Waals surface area contributed by atoms with Crippen LogP contribution in [0.2, 0.25) is 0 Å². The highest BCUT2D eigenvalue weighted by molar-refractivity contribution is 7.90. The van der Waals surface area contributed by atoms with Crippen molar-refractivity contribution in [2.75, 3.05) is 10.6 Å². The van der Waals surface area contributed by atoms with Gasteiger partial charge < -0.3 is 15.4 Å². The molecular formula is C25H32N6O4S. The Morgan fingerprint density at radius 1 is 1.11 bits per heavy atom. The van der Waals surface area contributed by atoms with E-state index < -0.39 is 15.9 Å². The fourth-order valence-corrected chi connectivity index (χ4v) is 5.19. The molecule has 0 unspecified atom stereocenters. The van der Waals surface area contributed by atoms with E-state index in [0.717, 1.165) is 18.4 Å². The fraction of sp³-hybridized carbons (Fsp3) is 0.360. The van der Waals surface area contributed by atoms with E-state index in [1.165, 1.54) is 18.2 Å². The third kappa shape index (κ3) is 5.40. The number of carbonyl (C=O) groups excluding carboxylic acids is 1. The summed E-state index contributed by atoms with van der Waals surface area (Å²) in [5, 5.41) is -0.334. The van der Waals surface area contributed by atoms with Crippen LogP contribution in [0, 0.1) is 0 Å². The first-order valence-corrected chi connectivity index (χ1v) is 13.3. The third-order valence-electron chi connectivity index (χ3n) is 5.95. The van der Waals surface area contributed by atoms with Gasteiger partial charge in [0.05, 0.1) is 17.4 Å². The molecule has 1 fully saturated rings. The van der Waals surface area contributed by atoms with Crippen LogP contribution in [0.5, 0.6) is 5.88 Å². The van der Waals surface area contributed by atoms with E-state index in [2.05, 4.69) is 33.4 Å². The minimum Gasteiger partial charge on any atom is -0.475 e. The van der Waals surface area contributed by atoms with Crippen LogP contribution in [0.15, 0.2) is 53.7 Å². The highest BCUT2D eigenvalue weighted by Gasteiger charge is 2.33. The Balaban J connectivity index is 0.00000380. The highest BCUT2D eigenvalue weighted by atomic mass is 32.2. The molecule has 3 aromatic heterocycles. The molecule has 1 amide bonds. The average Bonchev–Trinajstić information content (AvgIpc) is 3.16. The molecule has 192 valence electrons. The van der Waals surface area contributed by atoms with Gasteiger partial charge in [0.15, 0.2) is 5.03 Å². The molecule has 3 N–H and O–H groups in total. The standard InChI is InChI=1S/C25H30N6O4S.H2/c1-15(2)35-22-13-10-18(14-27-22)20-12-11-19(24(28-20)31-16(3)8-9-17(31)4)25(32)30-36(33,34)23-7-5-6-21(26)29-23;/h5-7,10-17H,8-9H2,1-4H3,(H2,26,29)(H,30,32);1H/t16-,17-;/m0./s1. The number of nitrogen functional groups attached to an aromatic ring is 1. The fourth-order valence-electron chi connectivity index (χ4n) is 4.25. The summed E-state index contributed by atoms with van der Waals surface area (Å²) in [6.45, 7) is 7.97. The molecular weight excluding hydrogens is 480 g/mol. The summed E-state index contributed by atoms with van der Waals surface area (Å²) in [5.74, 6) is 0.168. The van der Waals surface area contributed by atoms with E-state index >= 15 is 0 Å². The predicted octanol–water partition coefficient (Wildman–Crippen LogP) is 3.65. The maximum absolute atomic E-state index is 13.3. The molecule has 2 atom stereocenters. The number of ether oxygens (including phenoxy) is 1. The number of pyridine rings is 3. The Morgan fingerprint density at radius 3 is 2.44 bits per heavy atom. The second-order valence-electron chi connectivity index (χ2n) is 9.14. The zero-order valence-electron chi connectivity index (χ0n) is 20.7. The van der Waals surface area contributed by atoms with Crippen LogP contribution < -0.4 is 20.1 Å². The van der Waals surface area contributed by atoms with Gasteiger partial charge in [-0.15, -0.1) is 0 Å². The average molecular weight is 513 g/mol. The summed E-state index contributed by atoms with van der Waals surface area (Å²) in [7, 11) is -4.24. The Hall–Kier alpha value is -3.73. The van der Waals surface area contributed by atoms with Gasteiger partial charge in [0, 0.05) is 31.3 Å². The number of rotatable bonds is 7. The van der Waals surface area contributed by atoms with Gasteiger partial charge in [0.25, 0.3) is 15.9 Å². The number of amides is 1. The molecule has 10 nitrogen and oxygen atoms in total. The van der Waals surface area contributed by atoms with E-state index in [-0.39, 0.29) is 36.0 Å². The van der Waals surface area contributed by atoms with Gasteiger partial charge in [-0.25, -0.2) is 19.7 Å². The van der Waals surface area contributed by atoms with Crippen LogP contribution in [0.1, 0.15) is 52.3 Å². The van der Waals surface area contributed by atoms with Gasteiger partial charge >= 0.3 is 0 Å². The number of nitrogens with one attached hydrogen (secondary N) is 1. The second kappa shape index (κ2) is 10.1. The number of hydrogen-bond acceptors (Lipinski definition) is 9. The molecule has 0 aliphatic carbocycles. The van der Waals surface area contributed by atoms with E-state index in [1.54, 1.807) is 24.4 Å². The Bertz CT molecular complexity index is 1360. The molecule has 0 bridgehead atoms. The SMILES string of the molecule is CC(C)Oc1ccc(-c2ccc(C(=O)NS(=O)(=O)c3cccc(N)n3)c(N3[C@@H](C)CC[C@@H]3C)n2)cn1.[HH]. The lowest BCUT2D eigenvalue weighted by atomic mass is 10.1. The van der Waals surface area contributed by atoms with Crippen LogP contribution in [-0.4, -0.2) is 47.5 Å². The van der Waals surface area contributed by atoms with Gasteiger partial charge in [-0.2, -0.15) is 8.42 Å². The van der Waals surface area contributed by atoms with Gasteiger partial charge in [0.1, 0.15) is 11.6 Å². The molecule has 1 saturated heterocycles. The lowest BCUT2D eigenvalue weighted by Crippen LogP contribution is -2.37. The number of sulfonamides is 1. The molecule has 0 saturated carbocycles. The molecule has 4 rings (SSSR count). The molecule has 11 heteroatoms. The summed E-state index contributed by atoms with van der Waals surface area (Å²) in [4.78, 5) is 28.3. The van der Waals surface area contributed by atoms with Crippen LogP contribution in [0.4, 0.5) is 11.6 Å². The van der Waals surface area contributed by atoms with Crippen molar-refractivity contribution in [1.29, 1.82) is 0 Å². The van der Waals surface area contributed by atoms with Crippen molar-refractivity contribution in [2.45, 2.75) is 63.8 Å². The quantitative estimate of drug-likeness (QED) is 0.485. The van der Waals surface area contributed by atoms with Crippen molar-refractivity contribution in [3.8, 4) is 17.1 Å². The number of aromatic nitrogens is 3. The molecule has 1 aliphatic heterocycles. The Kier molecular flexibility index (Phi) is 7.11. The highest BCUT2D eigenvalue weighted by Crippen LogP contribution is 2.33. The minimum atomic E-state index is -4.24. The van der Waals surface area contributed by atoms with Crippen LogP contribution in [-0.2, 0) is 10.0 Å². The maximum atomic E-state index is 13.3. The van der Waals surface area contributed by atoms with Crippen molar-refractivity contribution >= 4 is 27.6 Å². The van der Waals surface area contributed by atoms with Gasteiger partial charge in [0.2, 0.25) is 5.88 Å². The van der Waals surface area contributed by atoms with Gasteiger partial charge in [-0.3, -0.25) is 4.79 Å². The topological polar surface area (TPSA) is 140 Å². The number of carbonyl (C=O) groups is 1. The predicted molar refractivity (Wildman–Crippen MR) is 139 cm³/mol. The Labute approximate surface area is 212 Å². The second-order valence-corrected chi connectivity index (χ2v) is 10.8. The lowest BCUT2D eigenvalue weighted by Gasteiger charge is -2.29. The third-order valence-corrected chi connectivity index (χ3v) is 7.18. The molecule has 0 radical (unpaired) electrons. The summed E-state index contributed by atoms with van der Waals surface area (Å²) < 4.78 is 33.4. The van der Waals surface area contributed by atoms with Crippen molar-refractivity contribution in [1.82, 2.24) is 19.7 Å². The smallest absolute Gasteiger partial charge is 0.281 e. The number of hydrogen-bond donors (Lipinski definition) is 2. The minimum absolute atomic E-state index is 0. The normalized spacial score (nSPS) is 17.9. The van der Waals surface area contributed by atoms with Crippen molar-refractivity contribution in [3.63, 3.8) is 0 Å². The molecule has 36 heavy (non-hydrogen) atoms. The first kappa shape index (κ1) is 25.4. The number of anilines is 2. The lowest BCUT2D eigenvalue weighted by molar-refractivity contribution is 0.0981. The molecule has 3 aromatic rings. The van der Waals surface area contributed by atoms with Crippen LogP contribution >= 0.6 is 0 Å². The van der Waals surface area contributed by atoms with Crippen molar-refractivity contribution in [3.05, 3.63) is 54.2 Å². The first-order valence-electron chi connectivity index (χ1n) is 11.8. The zero-order valence-corrected chi connectivity index (χ0v) is 21.5. The Morgan fingerprint density at radius 2 is 1.83 bits per heavy atom. The summed E-state index contributed by atoms with van der Waals surface area (Å²) in [6, 6.07) is 11.3. The van der Waals surface area contributed by atoms with Crippen molar-refractivity contribution in [2.24, 2.45) is 0 Å². The van der Waals surface area contributed by atoms with E-state index in [4.69, 9.17) is 15.5 Å². The number of nitrogens with zero attached hydrogens (tertiary/aromatic N) is 4. The van der Waals surface area contributed by atoms with Crippen LogP contribution in [0.25, 0.3) is 11.3 Å². The first-order chi connectivity index (χ1) is 17.0. The summed E-state index contributed by atoms with van der Waals surface area (Å²) >= 11 is 0. The molecule has 4 heterocycles. The van der Waals surface area contributed by atoms with E-state index in [1.807, 2.05) is 19.9 Å². The van der Waals surface area contributed by atoms with E-state index in [9.17, 15) is 13.2 Å².